The van der Waals surface area contributed by atoms with E-state index in [0.717, 1.165) is 11.3 Å². The number of carbonyl (C=O) groups excluding carboxylic acids is 2. The molecule has 1 aromatic rings. The van der Waals surface area contributed by atoms with E-state index in [1.54, 1.807) is 32.2 Å². The molecule has 21 heavy (non-hydrogen) atoms. The van der Waals surface area contributed by atoms with Crippen molar-refractivity contribution in [2.24, 2.45) is 0 Å². The molecule has 0 spiro atoms. The van der Waals surface area contributed by atoms with Gasteiger partial charge in [-0.2, -0.15) is 0 Å². The predicted octanol–water partition coefficient (Wildman–Crippen LogP) is 1.94. The summed E-state index contributed by atoms with van der Waals surface area (Å²) >= 11 is 0. The van der Waals surface area contributed by atoms with E-state index in [1.807, 2.05) is 12.1 Å². The van der Waals surface area contributed by atoms with Crippen molar-refractivity contribution in [3.63, 3.8) is 0 Å². The Morgan fingerprint density at radius 1 is 1.29 bits per heavy atom. The van der Waals surface area contributed by atoms with Crippen molar-refractivity contribution in [3.05, 3.63) is 48.1 Å². The predicted molar refractivity (Wildman–Crippen MR) is 80.8 cm³/mol. The number of ether oxygens (including phenoxy) is 2. The number of methoxy groups -OCH3 is 1. The van der Waals surface area contributed by atoms with Crippen LogP contribution in [-0.4, -0.2) is 32.1 Å². The van der Waals surface area contributed by atoms with Gasteiger partial charge in [-0.05, 0) is 30.7 Å². The first kappa shape index (κ1) is 16.5. The van der Waals surface area contributed by atoms with Gasteiger partial charge < -0.3 is 14.8 Å². The van der Waals surface area contributed by atoms with Crippen molar-refractivity contribution in [1.29, 1.82) is 0 Å². The Bertz CT molecular complexity index is 532. The van der Waals surface area contributed by atoms with Crippen LogP contribution in [0.1, 0.15) is 12.5 Å². The lowest BCUT2D eigenvalue weighted by Gasteiger charge is -2.04. The molecule has 1 rings (SSSR count). The largest absolute Gasteiger partial charge is 0.497 e. The maximum Gasteiger partial charge on any atom is 0.330 e. The van der Waals surface area contributed by atoms with E-state index in [9.17, 15) is 9.59 Å². The van der Waals surface area contributed by atoms with Crippen LogP contribution in [0.2, 0.25) is 0 Å². The molecule has 0 aliphatic heterocycles. The average molecular weight is 289 g/mol. The van der Waals surface area contributed by atoms with Crippen molar-refractivity contribution < 1.29 is 19.1 Å². The summed E-state index contributed by atoms with van der Waals surface area (Å²) in [4.78, 5) is 22.6. The van der Waals surface area contributed by atoms with Gasteiger partial charge in [-0.1, -0.05) is 18.7 Å². The van der Waals surface area contributed by atoms with Crippen LogP contribution >= 0.6 is 0 Å². The monoisotopic (exact) mass is 289 g/mol. The second-order valence-electron chi connectivity index (χ2n) is 4.31. The van der Waals surface area contributed by atoms with Crippen molar-refractivity contribution in [1.82, 2.24) is 5.32 Å². The molecule has 0 bridgehead atoms. The lowest BCUT2D eigenvalue weighted by molar-refractivity contribution is -0.138. The number of carbonyl (C=O) groups is 2. The van der Waals surface area contributed by atoms with Crippen molar-refractivity contribution in [2.45, 2.75) is 6.92 Å². The van der Waals surface area contributed by atoms with Crippen LogP contribution in [0, 0.1) is 0 Å². The van der Waals surface area contributed by atoms with E-state index < -0.39 is 5.97 Å². The van der Waals surface area contributed by atoms with Gasteiger partial charge in [0.15, 0.2) is 0 Å². The Morgan fingerprint density at radius 2 is 1.95 bits per heavy atom. The highest BCUT2D eigenvalue weighted by molar-refractivity contribution is 5.92. The fourth-order valence-corrected chi connectivity index (χ4v) is 1.39. The molecule has 1 amide bonds. The molecule has 0 aliphatic rings. The first-order chi connectivity index (χ1) is 10.0. The van der Waals surface area contributed by atoms with Crippen LogP contribution in [0.4, 0.5) is 0 Å². The van der Waals surface area contributed by atoms with Gasteiger partial charge >= 0.3 is 5.97 Å². The number of benzene rings is 1. The molecule has 0 radical (unpaired) electrons. The summed E-state index contributed by atoms with van der Waals surface area (Å²) in [6.45, 7) is 5.49. The van der Waals surface area contributed by atoms with Gasteiger partial charge in [0.25, 0.3) is 0 Å². The van der Waals surface area contributed by atoms with Crippen LogP contribution in [-0.2, 0) is 14.3 Å². The molecule has 5 nitrogen and oxygen atoms in total. The van der Waals surface area contributed by atoms with E-state index >= 15 is 0 Å². The van der Waals surface area contributed by atoms with Gasteiger partial charge in [0.2, 0.25) is 5.91 Å². The summed E-state index contributed by atoms with van der Waals surface area (Å²) in [6, 6.07) is 7.27. The molecule has 1 N–H and O–H groups in total. The molecular weight excluding hydrogens is 270 g/mol. The maximum atomic E-state index is 11.5. The van der Waals surface area contributed by atoms with Gasteiger partial charge in [0, 0.05) is 11.6 Å². The summed E-state index contributed by atoms with van der Waals surface area (Å²) in [6.07, 6.45) is 2.98. The topological polar surface area (TPSA) is 64.6 Å². The smallest absolute Gasteiger partial charge is 0.330 e. The molecule has 112 valence electrons. The highest BCUT2D eigenvalue weighted by Gasteiger charge is 2.01. The van der Waals surface area contributed by atoms with Gasteiger partial charge in [-0.15, -0.1) is 0 Å². The maximum absolute atomic E-state index is 11.5. The fraction of sp³-hybridized carbons (Fsp3) is 0.250. The highest BCUT2D eigenvalue weighted by Crippen LogP contribution is 2.12. The summed E-state index contributed by atoms with van der Waals surface area (Å²) in [5.74, 6) is 0.0400. The van der Waals surface area contributed by atoms with Crippen LogP contribution in [0.3, 0.4) is 0 Å². The van der Waals surface area contributed by atoms with E-state index in [1.165, 1.54) is 6.08 Å². The number of rotatable bonds is 7. The number of amides is 1. The van der Waals surface area contributed by atoms with Gasteiger partial charge in [0.1, 0.15) is 12.4 Å². The van der Waals surface area contributed by atoms with Gasteiger partial charge in [0.05, 0.1) is 13.7 Å². The first-order valence-electron chi connectivity index (χ1n) is 6.45. The molecule has 5 heteroatoms. The molecular formula is C16H19NO4. The molecule has 0 saturated heterocycles. The molecule has 0 aromatic heterocycles. The minimum absolute atomic E-state index is 0.116. The van der Waals surface area contributed by atoms with Crippen molar-refractivity contribution in [2.75, 3.05) is 20.3 Å². The Hall–Kier alpha value is -2.56. The number of hydrogen-bond donors (Lipinski definition) is 1. The summed E-state index contributed by atoms with van der Waals surface area (Å²) < 4.78 is 9.98. The lowest BCUT2D eigenvalue weighted by Crippen LogP contribution is -2.28. The van der Waals surface area contributed by atoms with Crippen molar-refractivity contribution in [3.8, 4) is 5.75 Å². The third kappa shape index (κ3) is 6.42. The second-order valence-corrected chi connectivity index (χ2v) is 4.31. The van der Waals surface area contributed by atoms with Gasteiger partial charge in [-0.25, -0.2) is 4.79 Å². The minimum atomic E-state index is -0.463. The standard InChI is InChI=1S/C16H19NO4/c1-12(2)16(19)17-10-11-21-15(18)9-6-13-4-7-14(20-3)8-5-13/h4-9H,1,10-11H2,2-3H3,(H,17,19)/b9-6+. The van der Waals surface area contributed by atoms with E-state index in [0.29, 0.717) is 5.57 Å². The summed E-state index contributed by atoms with van der Waals surface area (Å²) in [5, 5.41) is 2.57. The number of nitrogens with one attached hydrogen (secondary N) is 1. The second kappa shape index (κ2) is 8.58. The lowest BCUT2D eigenvalue weighted by atomic mass is 10.2. The normalized spacial score (nSPS) is 10.2. The van der Waals surface area contributed by atoms with Gasteiger partial charge in [-0.3, -0.25) is 4.79 Å². The zero-order valence-electron chi connectivity index (χ0n) is 12.2. The third-order valence-electron chi connectivity index (χ3n) is 2.55. The molecule has 0 unspecified atom stereocenters. The third-order valence-corrected chi connectivity index (χ3v) is 2.55. The van der Waals surface area contributed by atoms with E-state index in [-0.39, 0.29) is 19.1 Å². The molecule has 0 heterocycles. The molecule has 0 saturated carbocycles. The minimum Gasteiger partial charge on any atom is -0.497 e. The number of esters is 1. The summed E-state index contributed by atoms with van der Waals surface area (Å²) in [5.41, 5.74) is 1.28. The molecule has 0 aliphatic carbocycles. The Balaban J connectivity index is 2.31. The quantitative estimate of drug-likeness (QED) is 0.473. The van der Waals surface area contributed by atoms with Crippen LogP contribution in [0.5, 0.6) is 5.75 Å². The molecule has 0 fully saturated rings. The molecule has 0 atom stereocenters. The zero-order chi connectivity index (χ0) is 15.7. The SMILES string of the molecule is C=C(C)C(=O)NCCOC(=O)/C=C/c1ccc(OC)cc1. The highest BCUT2D eigenvalue weighted by atomic mass is 16.5. The van der Waals surface area contributed by atoms with Crippen LogP contribution in [0.15, 0.2) is 42.5 Å². The Labute approximate surface area is 124 Å². The zero-order valence-corrected chi connectivity index (χ0v) is 12.2. The molecule has 1 aromatic carbocycles. The average Bonchev–Trinajstić information content (AvgIpc) is 2.49. The Morgan fingerprint density at radius 3 is 2.52 bits per heavy atom. The fourth-order valence-electron chi connectivity index (χ4n) is 1.39. The van der Waals surface area contributed by atoms with Crippen LogP contribution in [0.25, 0.3) is 6.08 Å². The number of hydrogen-bond acceptors (Lipinski definition) is 4. The van der Waals surface area contributed by atoms with Crippen molar-refractivity contribution >= 4 is 18.0 Å². The Kier molecular flexibility index (Phi) is 6.74. The van der Waals surface area contributed by atoms with E-state index in [2.05, 4.69) is 11.9 Å². The van der Waals surface area contributed by atoms with E-state index in [4.69, 9.17) is 9.47 Å². The summed E-state index contributed by atoms with van der Waals surface area (Å²) in [7, 11) is 1.59. The van der Waals surface area contributed by atoms with Crippen LogP contribution < -0.4 is 10.1 Å². The first-order valence-corrected chi connectivity index (χ1v) is 6.45.